The molecular weight excluding hydrogens is 503 g/mol. The van der Waals surface area contributed by atoms with Crippen molar-refractivity contribution in [3.8, 4) is 5.75 Å². The van der Waals surface area contributed by atoms with Gasteiger partial charge in [0.25, 0.3) is 5.91 Å². The van der Waals surface area contributed by atoms with Crippen molar-refractivity contribution in [2.75, 3.05) is 6.54 Å². The van der Waals surface area contributed by atoms with E-state index in [0.717, 1.165) is 18.2 Å². The van der Waals surface area contributed by atoms with Crippen molar-refractivity contribution in [1.29, 1.82) is 0 Å². The number of alkyl halides is 3. The lowest BCUT2D eigenvalue weighted by molar-refractivity contribution is -0.137. The smallest absolute Gasteiger partial charge is 0.379 e. The van der Waals surface area contributed by atoms with Gasteiger partial charge in [0.1, 0.15) is 10.6 Å². The molecule has 3 rings (SSSR count). The van der Waals surface area contributed by atoms with Crippen LogP contribution in [0.4, 0.5) is 13.2 Å². The van der Waals surface area contributed by atoms with Gasteiger partial charge in [0, 0.05) is 23.7 Å². The zero-order valence-corrected chi connectivity index (χ0v) is 20.5. The third kappa shape index (κ3) is 7.22. The molecule has 1 amide bonds. The Morgan fingerprint density at radius 3 is 2.34 bits per heavy atom. The van der Waals surface area contributed by atoms with Crippen LogP contribution in [-0.2, 0) is 22.8 Å². The molecule has 0 spiro atoms. The molecule has 3 aromatic carbocycles. The Balaban J connectivity index is 1.84. The van der Waals surface area contributed by atoms with E-state index in [-0.39, 0.29) is 24.1 Å². The maximum atomic E-state index is 13.1. The van der Waals surface area contributed by atoms with Crippen LogP contribution in [-0.4, -0.2) is 25.8 Å². The predicted octanol–water partition coefficient (Wildman–Crippen LogP) is 6.42. The summed E-state index contributed by atoms with van der Waals surface area (Å²) in [5.74, 6) is -0.178. The molecule has 0 fully saturated rings. The zero-order chi connectivity index (χ0) is 25.8. The van der Waals surface area contributed by atoms with E-state index in [0.29, 0.717) is 28.8 Å². The van der Waals surface area contributed by atoms with Gasteiger partial charge in [-0.3, -0.25) is 4.79 Å². The second-order valence-electron chi connectivity index (χ2n) is 8.30. The molecule has 0 saturated carbocycles. The van der Waals surface area contributed by atoms with Gasteiger partial charge in [-0.25, -0.2) is 0 Å². The summed E-state index contributed by atoms with van der Waals surface area (Å²) in [7, 11) is -4.52. The van der Waals surface area contributed by atoms with Crippen molar-refractivity contribution in [3.63, 3.8) is 0 Å². The summed E-state index contributed by atoms with van der Waals surface area (Å²) in [4.78, 5) is 14.1. The summed E-state index contributed by atoms with van der Waals surface area (Å²) in [5.41, 5.74) is -0.102. The van der Waals surface area contributed by atoms with Crippen LogP contribution in [0.2, 0.25) is 5.02 Å². The highest BCUT2D eigenvalue weighted by atomic mass is 35.5. The first-order valence-corrected chi connectivity index (χ1v) is 12.4. The van der Waals surface area contributed by atoms with Crippen LogP contribution in [0.15, 0.2) is 77.7 Å². The highest BCUT2D eigenvalue weighted by molar-refractivity contribution is 7.87. The number of amides is 1. The number of hydrogen-bond acceptors (Lipinski definition) is 4. The van der Waals surface area contributed by atoms with E-state index in [1.54, 1.807) is 41.3 Å². The van der Waals surface area contributed by atoms with Crippen LogP contribution >= 0.6 is 11.6 Å². The molecule has 0 saturated heterocycles. The molecule has 0 aromatic heterocycles. The Labute approximate surface area is 207 Å². The lowest BCUT2D eigenvalue weighted by Crippen LogP contribution is -2.33. The summed E-state index contributed by atoms with van der Waals surface area (Å²) in [6.45, 7) is 4.50. The van der Waals surface area contributed by atoms with Gasteiger partial charge in [0.2, 0.25) is 0 Å². The highest BCUT2D eigenvalue weighted by Gasteiger charge is 2.32. The number of rotatable bonds is 8. The molecule has 0 aliphatic rings. The standard InChI is InChI=1S/C25H23ClF3NO4S/c1-17(2)15-30(24(31)19-7-4-9-21(26)13-19)16-18-6-3-10-22(12-18)34-35(32,33)23-11-5-8-20(14-23)25(27,28)29/h3-14,17H,15-16H2,1-2H3. The molecule has 5 nitrogen and oxygen atoms in total. The van der Waals surface area contributed by atoms with Crippen LogP contribution in [0.3, 0.4) is 0 Å². The first-order valence-electron chi connectivity index (χ1n) is 10.6. The van der Waals surface area contributed by atoms with E-state index in [1.807, 2.05) is 13.8 Å². The molecule has 0 atom stereocenters. The van der Waals surface area contributed by atoms with Gasteiger partial charge in [0.05, 0.1) is 5.56 Å². The largest absolute Gasteiger partial charge is 0.416 e. The van der Waals surface area contributed by atoms with E-state index in [1.165, 1.54) is 12.1 Å². The second kappa shape index (κ2) is 10.7. The quantitative estimate of drug-likeness (QED) is 0.318. The van der Waals surface area contributed by atoms with E-state index in [2.05, 4.69) is 0 Å². The highest BCUT2D eigenvalue weighted by Crippen LogP contribution is 2.31. The summed E-state index contributed by atoms with van der Waals surface area (Å²) < 4.78 is 69.3. The van der Waals surface area contributed by atoms with Gasteiger partial charge in [0.15, 0.2) is 0 Å². The molecule has 0 unspecified atom stereocenters. The third-order valence-electron chi connectivity index (χ3n) is 4.87. The minimum Gasteiger partial charge on any atom is -0.379 e. The van der Waals surface area contributed by atoms with Gasteiger partial charge < -0.3 is 9.08 Å². The lowest BCUT2D eigenvalue weighted by atomic mass is 10.1. The maximum absolute atomic E-state index is 13.1. The van der Waals surface area contributed by atoms with Crippen LogP contribution < -0.4 is 4.18 Å². The van der Waals surface area contributed by atoms with Gasteiger partial charge in [-0.15, -0.1) is 0 Å². The Morgan fingerprint density at radius 1 is 1.00 bits per heavy atom. The maximum Gasteiger partial charge on any atom is 0.416 e. The topological polar surface area (TPSA) is 63.7 Å². The number of carbonyl (C=O) groups is 1. The minimum absolute atomic E-state index is 0.0837. The van der Waals surface area contributed by atoms with Crippen molar-refractivity contribution in [2.45, 2.75) is 31.5 Å². The van der Waals surface area contributed by atoms with Gasteiger partial charge in [-0.05, 0) is 60.0 Å². The molecule has 0 aliphatic carbocycles. The Bertz CT molecular complexity index is 1310. The first-order chi connectivity index (χ1) is 16.3. The molecule has 0 heterocycles. The molecule has 35 heavy (non-hydrogen) atoms. The van der Waals surface area contributed by atoms with Crippen LogP contribution in [0.1, 0.15) is 35.3 Å². The van der Waals surface area contributed by atoms with Crippen molar-refractivity contribution in [1.82, 2.24) is 4.90 Å². The molecule has 10 heteroatoms. The lowest BCUT2D eigenvalue weighted by Gasteiger charge is -2.25. The zero-order valence-electron chi connectivity index (χ0n) is 18.9. The number of nitrogens with zero attached hydrogens (tertiary/aromatic N) is 1. The van der Waals surface area contributed by atoms with Crippen molar-refractivity contribution < 1.29 is 30.6 Å². The Morgan fingerprint density at radius 2 is 1.69 bits per heavy atom. The molecule has 0 aliphatic heterocycles. The molecular formula is C25H23ClF3NO4S. The monoisotopic (exact) mass is 525 g/mol. The van der Waals surface area contributed by atoms with Crippen molar-refractivity contribution in [3.05, 3.63) is 94.5 Å². The number of benzene rings is 3. The summed E-state index contributed by atoms with van der Waals surface area (Å²) in [6.07, 6.45) is -4.69. The number of hydrogen-bond donors (Lipinski definition) is 0. The van der Waals surface area contributed by atoms with Gasteiger partial charge in [-0.2, -0.15) is 21.6 Å². The average Bonchev–Trinajstić information content (AvgIpc) is 2.77. The molecule has 0 radical (unpaired) electrons. The fraction of sp³-hybridized carbons (Fsp3) is 0.240. The second-order valence-corrected chi connectivity index (χ2v) is 10.3. The Kier molecular flexibility index (Phi) is 8.12. The predicted molar refractivity (Wildman–Crippen MR) is 127 cm³/mol. The van der Waals surface area contributed by atoms with E-state index in [4.69, 9.17) is 15.8 Å². The summed E-state index contributed by atoms with van der Waals surface area (Å²) >= 11 is 6.02. The van der Waals surface area contributed by atoms with Crippen LogP contribution in [0, 0.1) is 5.92 Å². The average molecular weight is 526 g/mol. The van der Waals surface area contributed by atoms with Crippen LogP contribution in [0.25, 0.3) is 0 Å². The minimum atomic E-state index is -4.69. The normalized spacial score (nSPS) is 12.0. The van der Waals surface area contributed by atoms with E-state index < -0.39 is 26.8 Å². The number of halogens is 4. The molecule has 0 N–H and O–H groups in total. The van der Waals surface area contributed by atoms with E-state index >= 15 is 0 Å². The van der Waals surface area contributed by atoms with Crippen LogP contribution in [0.5, 0.6) is 5.75 Å². The van der Waals surface area contributed by atoms with Gasteiger partial charge in [-0.1, -0.05) is 49.7 Å². The van der Waals surface area contributed by atoms with Crippen molar-refractivity contribution in [2.24, 2.45) is 5.92 Å². The number of carbonyl (C=O) groups excluding carboxylic acids is 1. The summed E-state index contributed by atoms with van der Waals surface area (Å²) in [6, 6.07) is 15.9. The third-order valence-corrected chi connectivity index (χ3v) is 6.35. The summed E-state index contributed by atoms with van der Waals surface area (Å²) in [5, 5.41) is 0.426. The van der Waals surface area contributed by atoms with Gasteiger partial charge >= 0.3 is 16.3 Å². The first kappa shape index (κ1) is 26.6. The SMILES string of the molecule is CC(C)CN(Cc1cccc(OS(=O)(=O)c2cccc(C(F)(F)F)c2)c1)C(=O)c1cccc(Cl)c1. The fourth-order valence-corrected chi connectivity index (χ4v) is 4.54. The molecule has 186 valence electrons. The molecule has 0 bridgehead atoms. The Hall–Kier alpha value is -3.04. The van der Waals surface area contributed by atoms with Crippen molar-refractivity contribution >= 4 is 27.6 Å². The fourth-order valence-electron chi connectivity index (χ4n) is 3.38. The van der Waals surface area contributed by atoms with E-state index in [9.17, 15) is 26.4 Å². The molecule has 3 aromatic rings.